The Morgan fingerprint density at radius 1 is 1.16 bits per heavy atom. The number of aromatic nitrogens is 4. The third-order valence-corrected chi connectivity index (χ3v) is 6.10. The second-order valence-corrected chi connectivity index (χ2v) is 8.24. The maximum Gasteiger partial charge on any atom is 0.116 e. The molecule has 0 radical (unpaired) electrons. The Labute approximate surface area is 187 Å². The van der Waals surface area contributed by atoms with Crippen molar-refractivity contribution >= 4 is 17.2 Å². The lowest BCUT2D eigenvalue weighted by molar-refractivity contribution is -0.0107. The molecule has 0 amide bonds. The van der Waals surface area contributed by atoms with E-state index in [2.05, 4.69) is 48.7 Å². The van der Waals surface area contributed by atoms with Crippen molar-refractivity contribution in [3.63, 3.8) is 0 Å². The van der Waals surface area contributed by atoms with E-state index in [1.165, 1.54) is 0 Å². The van der Waals surface area contributed by atoms with E-state index in [0.29, 0.717) is 19.3 Å². The SMILES string of the molecule is COCCOC1CCN(C2=CC(c3[nH]nc4ccc(-c5cnn(C)c5)cc34)N=CN2)CC1. The molecule has 1 saturated heterocycles. The summed E-state index contributed by atoms with van der Waals surface area (Å²) in [7, 11) is 3.63. The Bertz CT molecular complexity index is 1120. The molecule has 168 valence electrons. The van der Waals surface area contributed by atoms with Gasteiger partial charge < -0.3 is 19.7 Å². The van der Waals surface area contributed by atoms with E-state index in [9.17, 15) is 0 Å². The van der Waals surface area contributed by atoms with Gasteiger partial charge in [0.25, 0.3) is 0 Å². The van der Waals surface area contributed by atoms with Gasteiger partial charge in [-0.05, 0) is 36.6 Å². The summed E-state index contributed by atoms with van der Waals surface area (Å²) in [5, 5.41) is 16.4. The van der Waals surface area contributed by atoms with E-state index in [4.69, 9.17) is 9.47 Å². The van der Waals surface area contributed by atoms with E-state index in [0.717, 1.165) is 59.5 Å². The molecule has 9 heteroatoms. The van der Waals surface area contributed by atoms with Crippen LogP contribution in [0.15, 0.2) is 47.5 Å². The van der Waals surface area contributed by atoms with Gasteiger partial charge >= 0.3 is 0 Å². The number of hydrogen-bond acceptors (Lipinski definition) is 7. The molecule has 2 aromatic heterocycles. The number of likely N-dealkylation sites (tertiary alicyclic amines) is 1. The van der Waals surface area contributed by atoms with Crippen molar-refractivity contribution < 1.29 is 9.47 Å². The summed E-state index contributed by atoms with van der Waals surface area (Å²) in [6.45, 7) is 3.20. The summed E-state index contributed by atoms with van der Waals surface area (Å²) in [5.41, 5.74) is 4.14. The van der Waals surface area contributed by atoms with Crippen molar-refractivity contribution in [1.29, 1.82) is 0 Å². The topological polar surface area (TPSA) is 92.6 Å². The second kappa shape index (κ2) is 9.13. The average Bonchev–Trinajstić information content (AvgIpc) is 3.45. The molecule has 0 spiro atoms. The predicted molar refractivity (Wildman–Crippen MR) is 123 cm³/mol. The van der Waals surface area contributed by atoms with Crippen LogP contribution in [0.3, 0.4) is 0 Å². The van der Waals surface area contributed by atoms with Crippen LogP contribution >= 0.6 is 0 Å². The number of aryl methyl sites for hydroxylation is 1. The van der Waals surface area contributed by atoms with Gasteiger partial charge in [0, 0.05) is 44.4 Å². The van der Waals surface area contributed by atoms with Crippen LogP contribution < -0.4 is 5.32 Å². The Kier molecular flexibility index (Phi) is 5.91. The molecule has 5 rings (SSSR count). The monoisotopic (exact) mass is 435 g/mol. The molecule has 32 heavy (non-hydrogen) atoms. The van der Waals surface area contributed by atoms with Crippen LogP contribution in [0.4, 0.5) is 0 Å². The number of H-pyrrole nitrogens is 1. The maximum absolute atomic E-state index is 5.90. The molecular formula is C23H29N7O2. The van der Waals surface area contributed by atoms with Crippen LogP contribution in [0.25, 0.3) is 22.0 Å². The highest BCUT2D eigenvalue weighted by Crippen LogP contribution is 2.31. The van der Waals surface area contributed by atoms with Crippen LogP contribution in [0, 0.1) is 0 Å². The fourth-order valence-electron chi connectivity index (χ4n) is 4.35. The van der Waals surface area contributed by atoms with E-state index in [1.807, 2.05) is 30.2 Å². The van der Waals surface area contributed by atoms with Crippen LogP contribution in [0.2, 0.25) is 0 Å². The fourth-order valence-corrected chi connectivity index (χ4v) is 4.35. The number of piperidine rings is 1. The van der Waals surface area contributed by atoms with Gasteiger partial charge in [0.1, 0.15) is 11.9 Å². The molecule has 0 saturated carbocycles. The summed E-state index contributed by atoms with van der Waals surface area (Å²) >= 11 is 0. The Morgan fingerprint density at radius 3 is 2.81 bits per heavy atom. The van der Waals surface area contributed by atoms with Gasteiger partial charge in [-0.25, -0.2) is 0 Å². The molecule has 0 aliphatic carbocycles. The maximum atomic E-state index is 5.90. The number of nitrogens with one attached hydrogen (secondary N) is 2. The number of aliphatic imine (C=N–C) groups is 1. The first kappa shape index (κ1) is 20.7. The van der Waals surface area contributed by atoms with E-state index in [1.54, 1.807) is 13.4 Å². The number of methoxy groups -OCH3 is 1. The summed E-state index contributed by atoms with van der Waals surface area (Å²) in [5.74, 6) is 1.09. The highest BCUT2D eigenvalue weighted by molar-refractivity contribution is 5.87. The lowest BCUT2D eigenvalue weighted by Gasteiger charge is -2.36. The third kappa shape index (κ3) is 4.26. The van der Waals surface area contributed by atoms with E-state index in [-0.39, 0.29) is 6.04 Å². The fraction of sp³-hybridized carbons (Fsp3) is 0.435. The lowest BCUT2D eigenvalue weighted by Crippen LogP contribution is -2.41. The minimum Gasteiger partial charge on any atom is -0.382 e. The zero-order valence-electron chi connectivity index (χ0n) is 18.5. The zero-order chi connectivity index (χ0) is 21.9. The Balaban J connectivity index is 1.33. The molecule has 2 aliphatic heterocycles. The summed E-state index contributed by atoms with van der Waals surface area (Å²) in [6.07, 6.45) is 10.2. The van der Waals surface area contributed by atoms with Gasteiger partial charge in [-0.2, -0.15) is 10.2 Å². The first-order chi connectivity index (χ1) is 15.7. The van der Waals surface area contributed by atoms with E-state index >= 15 is 0 Å². The zero-order valence-corrected chi connectivity index (χ0v) is 18.5. The summed E-state index contributed by atoms with van der Waals surface area (Å²) < 4.78 is 12.8. The standard InChI is InChI=1S/C23H29N7O2/c1-29-14-17(13-26-29)16-3-4-20-19(11-16)23(28-27-20)21-12-22(25-15-24-21)30-7-5-18(6-8-30)32-10-9-31-2/h3-4,11-15,18,21H,5-10H2,1-2H3,(H,24,25)(H,27,28). The summed E-state index contributed by atoms with van der Waals surface area (Å²) in [6, 6.07) is 6.17. The van der Waals surface area contributed by atoms with Gasteiger partial charge in [-0.3, -0.25) is 14.8 Å². The number of nitrogens with zero attached hydrogens (tertiary/aromatic N) is 5. The summed E-state index contributed by atoms with van der Waals surface area (Å²) in [4.78, 5) is 7.04. The first-order valence-corrected chi connectivity index (χ1v) is 11.0. The molecule has 1 fully saturated rings. The number of rotatable bonds is 7. The number of benzene rings is 1. The highest BCUT2D eigenvalue weighted by atomic mass is 16.5. The number of fused-ring (bicyclic) bond motifs is 1. The minimum absolute atomic E-state index is 0.115. The largest absolute Gasteiger partial charge is 0.382 e. The van der Waals surface area contributed by atoms with Gasteiger partial charge in [0.05, 0.1) is 43.1 Å². The number of hydrogen-bond donors (Lipinski definition) is 2. The second-order valence-electron chi connectivity index (χ2n) is 8.24. The molecule has 2 aliphatic rings. The van der Waals surface area contributed by atoms with Crippen molar-refractivity contribution in [2.75, 3.05) is 33.4 Å². The van der Waals surface area contributed by atoms with Crippen molar-refractivity contribution in [3.05, 3.63) is 48.2 Å². The van der Waals surface area contributed by atoms with Gasteiger partial charge in [0.2, 0.25) is 0 Å². The molecule has 1 atom stereocenters. The predicted octanol–water partition coefficient (Wildman–Crippen LogP) is 2.60. The van der Waals surface area contributed by atoms with Crippen molar-refractivity contribution in [2.24, 2.45) is 12.0 Å². The first-order valence-electron chi connectivity index (χ1n) is 11.0. The van der Waals surface area contributed by atoms with E-state index < -0.39 is 0 Å². The molecular weight excluding hydrogens is 406 g/mol. The normalized spacial score (nSPS) is 19.4. The molecule has 1 aromatic carbocycles. The van der Waals surface area contributed by atoms with Gasteiger partial charge in [-0.1, -0.05) is 6.07 Å². The van der Waals surface area contributed by atoms with Crippen molar-refractivity contribution in [2.45, 2.75) is 25.0 Å². The minimum atomic E-state index is -0.115. The van der Waals surface area contributed by atoms with Gasteiger partial charge in [0.15, 0.2) is 0 Å². The van der Waals surface area contributed by atoms with Crippen molar-refractivity contribution in [1.82, 2.24) is 30.2 Å². The third-order valence-electron chi connectivity index (χ3n) is 6.10. The van der Waals surface area contributed by atoms with Crippen LogP contribution in [-0.4, -0.2) is 70.7 Å². The Hall–Kier alpha value is -3.17. The highest BCUT2D eigenvalue weighted by Gasteiger charge is 2.24. The average molecular weight is 436 g/mol. The molecule has 4 heterocycles. The molecule has 2 N–H and O–H groups in total. The van der Waals surface area contributed by atoms with Crippen LogP contribution in [0.1, 0.15) is 24.6 Å². The molecule has 0 bridgehead atoms. The van der Waals surface area contributed by atoms with Crippen molar-refractivity contribution in [3.8, 4) is 11.1 Å². The molecule has 1 unspecified atom stereocenters. The van der Waals surface area contributed by atoms with Crippen LogP contribution in [0.5, 0.6) is 0 Å². The number of ether oxygens (including phenoxy) is 2. The van der Waals surface area contributed by atoms with Crippen LogP contribution in [-0.2, 0) is 16.5 Å². The number of aromatic amines is 1. The lowest BCUT2D eigenvalue weighted by atomic mass is 10.0. The Morgan fingerprint density at radius 2 is 2.03 bits per heavy atom. The molecule has 9 nitrogen and oxygen atoms in total. The van der Waals surface area contributed by atoms with Gasteiger partial charge in [-0.15, -0.1) is 0 Å². The quantitative estimate of drug-likeness (QED) is 0.554. The smallest absolute Gasteiger partial charge is 0.116 e. The molecule has 3 aromatic rings.